The van der Waals surface area contributed by atoms with Crippen molar-refractivity contribution in [3.63, 3.8) is 0 Å². The monoisotopic (exact) mass is 261 g/mol. The lowest BCUT2D eigenvalue weighted by molar-refractivity contribution is 0.170. The standard InChI is InChI=1S/C17H27NO/c1-12-10-14(11-13(2)15(12)19-4)16(18)17(3)8-6-5-7-9-17/h10-11,16H,5-9,18H2,1-4H3. The average Bonchev–Trinajstić information content (AvgIpc) is 2.38. The van der Waals surface area contributed by atoms with Crippen molar-refractivity contribution in [2.75, 3.05) is 7.11 Å². The lowest BCUT2D eigenvalue weighted by Gasteiger charge is -2.39. The zero-order valence-electron chi connectivity index (χ0n) is 12.8. The molecule has 0 aliphatic heterocycles. The first-order valence-electron chi connectivity index (χ1n) is 7.38. The highest BCUT2D eigenvalue weighted by molar-refractivity contribution is 5.44. The van der Waals surface area contributed by atoms with Crippen molar-refractivity contribution >= 4 is 0 Å². The van der Waals surface area contributed by atoms with E-state index >= 15 is 0 Å². The summed E-state index contributed by atoms with van der Waals surface area (Å²) in [5.41, 5.74) is 10.5. The molecular formula is C17H27NO. The fraction of sp³-hybridized carbons (Fsp3) is 0.647. The summed E-state index contributed by atoms with van der Waals surface area (Å²) >= 11 is 0. The molecule has 106 valence electrons. The maximum Gasteiger partial charge on any atom is 0.124 e. The molecule has 1 fully saturated rings. The van der Waals surface area contributed by atoms with Crippen LogP contribution in [0.25, 0.3) is 0 Å². The fourth-order valence-corrected chi connectivity index (χ4v) is 3.56. The Bertz CT molecular complexity index is 424. The predicted molar refractivity (Wildman–Crippen MR) is 80.6 cm³/mol. The summed E-state index contributed by atoms with van der Waals surface area (Å²) in [5, 5.41) is 0. The van der Waals surface area contributed by atoms with Crippen molar-refractivity contribution in [3.05, 3.63) is 28.8 Å². The highest BCUT2D eigenvalue weighted by atomic mass is 16.5. The van der Waals surface area contributed by atoms with Crippen LogP contribution in [0.2, 0.25) is 0 Å². The van der Waals surface area contributed by atoms with Crippen molar-refractivity contribution in [2.24, 2.45) is 11.1 Å². The summed E-state index contributed by atoms with van der Waals surface area (Å²) in [6.45, 7) is 6.56. The highest BCUT2D eigenvalue weighted by Crippen LogP contribution is 2.45. The zero-order valence-corrected chi connectivity index (χ0v) is 12.8. The van der Waals surface area contributed by atoms with Gasteiger partial charge in [-0.1, -0.05) is 38.3 Å². The Morgan fingerprint density at radius 1 is 1.11 bits per heavy atom. The second-order valence-corrected chi connectivity index (χ2v) is 6.38. The van der Waals surface area contributed by atoms with Gasteiger partial charge in [-0.25, -0.2) is 0 Å². The Morgan fingerprint density at radius 3 is 2.11 bits per heavy atom. The maximum atomic E-state index is 6.59. The molecule has 1 aromatic rings. The maximum absolute atomic E-state index is 6.59. The average molecular weight is 261 g/mol. The van der Waals surface area contributed by atoms with Crippen molar-refractivity contribution in [1.29, 1.82) is 0 Å². The van der Waals surface area contributed by atoms with Crippen LogP contribution in [-0.4, -0.2) is 7.11 Å². The second-order valence-electron chi connectivity index (χ2n) is 6.38. The second kappa shape index (κ2) is 5.54. The largest absolute Gasteiger partial charge is 0.496 e. The smallest absolute Gasteiger partial charge is 0.124 e. The number of ether oxygens (including phenoxy) is 1. The molecule has 2 rings (SSSR count). The van der Waals surface area contributed by atoms with E-state index in [1.54, 1.807) is 7.11 Å². The van der Waals surface area contributed by atoms with Gasteiger partial charge in [-0.05, 0) is 48.8 Å². The van der Waals surface area contributed by atoms with Gasteiger partial charge in [0.1, 0.15) is 5.75 Å². The lowest BCUT2D eigenvalue weighted by atomic mass is 9.69. The third-order valence-corrected chi connectivity index (χ3v) is 4.79. The number of aryl methyl sites for hydroxylation is 2. The molecule has 1 aromatic carbocycles. The summed E-state index contributed by atoms with van der Waals surface area (Å²) < 4.78 is 5.44. The molecule has 0 saturated heterocycles. The Labute approximate surface area is 117 Å². The van der Waals surface area contributed by atoms with Gasteiger partial charge in [0.15, 0.2) is 0 Å². The van der Waals surface area contributed by atoms with Gasteiger partial charge in [-0.3, -0.25) is 0 Å². The number of methoxy groups -OCH3 is 1. The van der Waals surface area contributed by atoms with Crippen LogP contribution >= 0.6 is 0 Å². The van der Waals surface area contributed by atoms with Gasteiger partial charge in [-0.2, -0.15) is 0 Å². The molecule has 2 N–H and O–H groups in total. The SMILES string of the molecule is COc1c(C)cc(C(N)C2(C)CCCCC2)cc1C. The fourth-order valence-electron chi connectivity index (χ4n) is 3.56. The molecule has 2 nitrogen and oxygen atoms in total. The van der Waals surface area contributed by atoms with Crippen LogP contribution in [0.15, 0.2) is 12.1 Å². The molecule has 1 unspecified atom stereocenters. The molecule has 0 heterocycles. The van der Waals surface area contributed by atoms with Crippen LogP contribution in [0.5, 0.6) is 5.75 Å². The zero-order chi connectivity index (χ0) is 14.0. The first-order valence-corrected chi connectivity index (χ1v) is 7.38. The van der Waals surface area contributed by atoms with Gasteiger partial charge < -0.3 is 10.5 Å². The van der Waals surface area contributed by atoms with Crippen molar-refractivity contribution < 1.29 is 4.74 Å². The molecule has 0 aromatic heterocycles. The minimum atomic E-state index is 0.135. The first kappa shape index (κ1) is 14.4. The highest BCUT2D eigenvalue weighted by Gasteiger charge is 2.34. The van der Waals surface area contributed by atoms with Gasteiger partial charge in [-0.15, -0.1) is 0 Å². The van der Waals surface area contributed by atoms with Crippen LogP contribution in [0.4, 0.5) is 0 Å². The Hall–Kier alpha value is -1.02. The molecule has 1 aliphatic carbocycles. The number of nitrogens with two attached hydrogens (primary N) is 1. The lowest BCUT2D eigenvalue weighted by Crippen LogP contribution is -2.34. The van der Waals surface area contributed by atoms with Crippen LogP contribution in [-0.2, 0) is 0 Å². The van der Waals surface area contributed by atoms with E-state index in [1.165, 1.54) is 48.8 Å². The molecule has 19 heavy (non-hydrogen) atoms. The number of hydrogen-bond donors (Lipinski definition) is 1. The van der Waals surface area contributed by atoms with Crippen LogP contribution in [0.1, 0.15) is 61.8 Å². The topological polar surface area (TPSA) is 35.2 Å². The van der Waals surface area contributed by atoms with Crippen LogP contribution in [0, 0.1) is 19.3 Å². The summed E-state index contributed by atoms with van der Waals surface area (Å²) in [6.07, 6.45) is 6.50. The summed E-state index contributed by atoms with van der Waals surface area (Å²) in [4.78, 5) is 0. The summed E-state index contributed by atoms with van der Waals surface area (Å²) in [6, 6.07) is 4.54. The normalized spacial score (nSPS) is 20.1. The van der Waals surface area contributed by atoms with Gasteiger partial charge in [0.05, 0.1) is 7.11 Å². The predicted octanol–water partition coefficient (Wildman–Crippen LogP) is 4.28. The van der Waals surface area contributed by atoms with Gasteiger partial charge in [0.2, 0.25) is 0 Å². The molecule has 0 amide bonds. The third kappa shape index (κ3) is 2.79. The van der Waals surface area contributed by atoms with E-state index < -0.39 is 0 Å². The number of benzene rings is 1. The third-order valence-electron chi connectivity index (χ3n) is 4.79. The number of hydrogen-bond acceptors (Lipinski definition) is 2. The van der Waals surface area contributed by atoms with Crippen molar-refractivity contribution in [1.82, 2.24) is 0 Å². The van der Waals surface area contributed by atoms with Crippen LogP contribution in [0.3, 0.4) is 0 Å². The van der Waals surface area contributed by atoms with E-state index in [1.807, 2.05) is 0 Å². The molecule has 0 radical (unpaired) electrons. The molecular weight excluding hydrogens is 234 g/mol. The van der Waals surface area contributed by atoms with Gasteiger partial charge in [0, 0.05) is 6.04 Å². The Morgan fingerprint density at radius 2 is 1.63 bits per heavy atom. The minimum absolute atomic E-state index is 0.135. The first-order chi connectivity index (χ1) is 8.98. The number of rotatable bonds is 3. The summed E-state index contributed by atoms with van der Waals surface area (Å²) in [7, 11) is 1.73. The molecule has 1 saturated carbocycles. The molecule has 0 bridgehead atoms. The van der Waals surface area contributed by atoms with Crippen molar-refractivity contribution in [2.45, 2.75) is 58.9 Å². The Balaban J connectivity index is 2.31. The molecule has 0 spiro atoms. The minimum Gasteiger partial charge on any atom is -0.496 e. The molecule has 2 heteroatoms. The quantitative estimate of drug-likeness (QED) is 0.881. The van der Waals surface area contributed by atoms with E-state index in [0.717, 1.165) is 5.75 Å². The summed E-state index contributed by atoms with van der Waals surface area (Å²) in [5.74, 6) is 0.991. The Kier molecular flexibility index (Phi) is 4.19. The van der Waals surface area contributed by atoms with E-state index in [2.05, 4.69) is 32.9 Å². The van der Waals surface area contributed by atoms with E-state index in [9.17, 15) is 0 Å². The van der Waals surface area contributed by atoms with Crippen LogP contribution < -0.4 is 10.5 Å². The van der Waals surface area contributed by atoms with Gasteiger partial charge >= 0.3 is 0 Å². The van der Waals surface area contributed by atoms with E-state index in [4.69, 9.17) is 10.5 Å². The molecule has 1 aliphatic rings. The van der Waals surface area contributed by atoms with E-state index in [-0.39, 0.29) is 11.5 Å². The van der Waals surface area contributed by atoms with E-state index in [0.29, 0.717) is 0 Å². The van der Waals surface area contributed by atoms with Crippen molar-refractivity contribution in [3.8, 4) is 5.75 Å². The van der Waals surface area contributed by atoms with Gasteiger partial charge in [0.25, 0.3) is 0 Å². The molecule has 1 atom stereocenters.